The van der Waals surface area contributed by atoms with E-state index in [2.05, 4.69) is 17.6 Å². The van der Waals surface area contributed by atoms with Crippen LogP contribution in [-0.2, 0) is 9.59 Å². The summed E-state index contributed by atoms with van der Waals surface area (Å²) >= 11 is 0. The summed E-state index contributed by atoms with van der Waals surface area (Å²) in [5.74, 6) is -0.741. The van der Waals surface area contributed by atoms with Crippen molar-refractivity contribution in [2.24, 2.45) is 0 Å². The fourth-order valence-corrected chi connectivity index (χ4v) is 4.34. The highest BCUT2D eigenvalue weighted by atomic mass is 16.3. The molecule has 0 fully saturated rings. The van der Waals surface area contributed by atoms with E-state index in [0.717, 1.165) is 18.4 Å². The molecule has 0 saturated heterocycles. The van der Waals surface area contributed by atoms with Crippen LogP contribution < -0.4 is 10.6 Å². The summed E-state index contributed by atoms with van der Waals surface area (Å²) in [6.07, 6.45) is 23.1. The van der Waals surface area contributed by atoms with Crippen LogP contribution in [0.2, 0.25) is 0 Å². The van der Waals surface area contributed by atoms with Crippen molar-refractivity contribution in [1.29, 1.82) is 0 Å². The minimum absolute atomic E-state index is 0.340. The number of hydrogen-bond donors (Lipinski definition) is 3. The lowest BCUT2D eigenvalue weighted by Crippen LogP contribution is -2.52. The summed E-state index contributed by atoms with van der Waals surface area (Å²) in [6, 6.07) is 8.51. The molecule has 0 aliphatic carbocycles. The van der Waals surface area contributed by atoms with E-state index in [-0.39, 0.29) is 5.91 Å². The molecule has 0 radical (unpaired) electrons. The largest absolute Gasteiger partial charge is 0.391 e. The van der Waals surface area contributed by atoms with Crippen molar-refractivity contribution in [2.75, 3.05) is 6.54 Å². The maximum absolute atomic E-state index is 12.4. The Morgan fingerprint density at radius 1 is 0.778 bits per heavy atom. The second kappa shape index (κ2) is 22.1. The maximum Gasteiger partial charge on any atom is 0.245 e. The summed E-state index contributed by atoms with van der Waals surface area (Å²) < 4.78 is 0. The van der Waals surface area contributed by atoms with Crippen LogP contribution in [0.4, 0.5) is 0 Å². The van der Waals surface area contributed by atoms with Gasteiger partial charge in [0.05, 0.1) is 6.10 Å². The van der Waals surface area contributed by atoms with Gasteiger partial charge in [0, 0.05) is 12.6 Å². The molecule has 2 atom stereocenters. The molecule has 5 heteroatoms. The Balaban J connectivity index is 2.02. The molecule has 204 valence electrons. The Labute approximate surface area is 220 Å². The Kier molecular flexibility index (Phi) is 19.6. The minimum Gasteiger partial charge on any atom is -0.391 e. The molecule has 0 heterocycles. The third-order valence-corrected chi connectivity index (χ3v) is 6.62. The maximum atomic E-state index is 12.4. The van der Waals surface area contributed by atoms with E-state index in [9.17, 15) is 14.7 Å². The summed E-state index contributed by atoms with van der Waals surface area (Å²) in [6.45, 7) is 4.35. The molecular formula is C31H52N2O3. The molecule has 0 aliphatic heterocycles. The van der Waals surface area contributed by atoms with Gasteiger partial charge in [-0.2, -0.15) is 0 Å². The van der Waals surface area contributed by atoms with Gasteiger partial charge in [-0.15, -0.1) is 0 Å². The first-order valence-electron chi connectivity index (χ1n) is 14.5. The first-order valence-corrected chi connectivity index (χ1v) is 14.5. The molecule has 2 unspecified atom stereocenters. The SMILES string of the molecule is CCCCCCCCCCCCCCCCCCNC(=O)C(NC(=O)C=Cc1ccccc1)C(C)O. The van der Waals surface area contributed by atoms with Gasteiger partial charge in [0.2, 0.25) is 11.8 Å². The lowest BCUT2D eigenvalue weighted by molar-refractivity contribution is -0.129. The molecular weight excluding hydrogens is 448 g/mol. The Morgan fingerprint density at radius 3 is 1.72 bits per heavy atom. The van der Waals surface area contributed by atoms with Crippen molar-refractivity contribution < 1.29 is 14.7 Å². The molecule has 1 aromatic rings. The van der Waals surface area contributed by atoms with Crippen molar-refractivity contribution >= 4 is 17.9 Å². The third-order valence-electron chi connectivity index (χ3n) is 6.62. The van der Waals surface area contributed by atoms with Gasteiger partial charge in [0.1, 0.15) is 6.04 Å². The fraction of sp³-hybridized carbons (Fsp3) is 0.677. The topological polar surface area (TPSA) is 78.4 Å². The smallest absolute Gasteiger partial charge is 0.245 e. The number of rotatable bonds is 22. The van der Waals surface area contributed by atoms with Gasteiger partial charge in [-0.25, -0.2) is 0 Å². The monoisotopic (exact) mass is 500 g/mol. The number of unbranched alkanes of at least 4 members (excludes halogenated alkanes) is 15. The third kappa shape index (κ3) is 17.3. The average Bonchev–Trinajstić information content (AvgIpc) is 2.88. The lowest BCUT2D eigenvalue weighted by atomic mass is 10.0. The van der Waals surface area contributed by atoms with Gasteiger partial charge in [0.25, 0.3) is 0 Å². The van der Waals surface area contributed by atoms with Crippen molar-refractivity contribution in [3.05, 3.63) is 42.0 Å². The van der Waals surface area contributed by atoms with Gasteiger partial charge in [-0.05, 0) is 25.0 Å². The number of amides is 2. The molecule has 5 nitrogen and oxygen atoms in total. The Hall–Kier alpha value is -2.14. The summed E-state index contributed by atoms with van der Waals surface area (Å²) in [5, 5.41) is 15.4. The molecule has 0 aromatic heterocycles. The van der Waals surface area contributed by atoms with Gasteiger partial charge in [0.15, 0.2) is 0 Å². The van der Waals surface area contributed by atoms with Crippen LogP contribution >= 0.6 is 0 Å². The van der Waals surface area contributed by atoms with Crippen molar-refractivity contribution in [3.8, 4) is 0 Å². The number of benzene rings is 1. The zero-order valence-corrected chi connectivity index (χ0v) is 23.0. The van der Waals surface area contributed by atoms with E-state index >= 15 is 0 Å². The number of aliphatic hydroxyl groups excluding tert-OH is 1. The quantitative estimate of drug-likeness (QED) is 0.119. The molecule has 36 heavy (non-hydrogen) atoms. The lowest BCUT2D eigenvalue weighted by Gasteiger charge is -2.20. The van der Waals surface area contributed by atoms with E-state index in [1.54, 1.807) is 6.08 Å². The van der Waals surface area contributed by atoms with Crippen LogP contribution in [0.3, 0.4) is 0 Å². The standard InChI is InChI=1S/C31H52N2O3/c1-3-4-5-6-7-8-9-10-11-12-13-14-15-16-17-21-26-32-31(36)30(27(2)34)33-29(35)25-24-28-22-19-18-20-23-28/h18-20,22-25,27,30,34H,3-17,21,26H2,1-2H3,(H,32,36)(H,33,35). The summed E-state index contributed by atoms with van der Waals surface area (Å²) in [5.41, 5.74) is 0.897. The van der Waals surface area contributed by atoms with Gasteiger partial charge >= 0.3 is 0 Å². The van der Waals surface area contributed by atoms with Crippen molar-refractivity contribution in [2.45, 2.75) is 129 Å². The Morgan fingerprint density at radius 2 is 1.25 bits per heavy atom. The molecule has 3 N–H and O–H groups in total. The van der Waals surface area contributed by atoms with Crippen molar-refractivity contribution in [1.82, 2.24) is 10.6 Å². The van der Waals surface area contributed by atoms with Crippen LogP contribution in [0, 0.1) is 0 Å². The van der Waals surface area contributed by atoms with Crippen LogP contribution in [0.5, 0.6) is 0 Å². The van der Waals surface area contributed by atoms with E-state index in [4.69, 9.17) is 0 Å². The fourth-order valence-electron chi connectivity index (χ4n) is 4.34. The molecule has 0 aliphatic rings. The van der Waals surface area contributed by atoms with Gasteiger partial charge in [-0.3, -0.25) is 9.59 Å². The number of aliphatic hydroxyl groups is 1. The molecule has 1 rings (SSSR count). The number of carbonyl (C=O) groups is 2. The van der Waals surface area contributed by atoms with E-state index in [0.29, 0.717) is 6.54 Å². The second-order valence-corrected chi connectivity index (χ2v) is 10.1. The molecule has 0 spiro atoms. The van der Waals surface area contributed by atoms with Crippen LogP contribution in [-0.4, -0.2) is 35.6 Å². The van der Waals surface area contributed by atoms with Crippen molar-refractivity contribution in [3.63, 3.8) is 0 Å². The second-order valence-electron chi connectivity index (χ2n) is 10.1. The zero-order chi connectivity index (χ0) is 26.3. The summed E-state index contributed by atoms with van der Waals surface area (Å²) in [4.78, 5) is 24.6. The molecule has 1 aromatic carbocycles. The van der Waals surface area contributed by atoms with E-state index < -0.39 is 18.1 Å². The molecule has 2 amide bonds. The highest BCUT2D eigenvalue weighted by Crippen LogP contribution is 2.13. The van der Waals surface area contributed by atoms with Gasteiger partial charge in [-0.1, -0.05) is 134 Å². The highest BCUT2D eigenvalue weighted by Gasteiger charge is 2.24. The normalized spacial score (nSPS) is 13.0. The van der Waals surface area contributed by atoms with E-state index in [1.807, 2.05) is 30.3 Å². The average molecular weight is 501 g/mol. The zero-order valence-electron chi connectivity index (χ0n) is 23.0. The highest BCUT2D eigenvalue weighted by molar-refractivity contribution is 5.95. The number of nitrogens with one attached hydrogen (secondary N) is 2. The number of hydrogen-bond acceptors (Lipinski definition) is 3. The van der Waals surface area contributed by atoms with Crippen LogP contribution in [0.15, 0.2) is 36.4 Å². The van der Waals surface area contributed by atoms with Crippen LogP contribution in [0.1, 0.15) is 122 Å². The Bertz CT molecular complexity index is 703. The van der Waals surface area contributed by atoms with Crippen LogP contribution in [0.25, 0.3) is 6.08 Å². The van der Waals surface area contributed by atoms with E-state index in [1.165, 1.54) is 103 Å². The van der Waals surface area contributed by atoms with Gasteiger partial charge < -0.3 is 15.7 Å². The summed E-state index contributed by atoms with van der Waals surface area (Å²) in [7, 11) is 0. The molecule has 0 bridgehead atoms. The number of carbonyl (C=O) groups excluding carboxylic acids is 2. The minimum atomic E-state index is -0.968. The predicted molar refractivity (Wildman–Crippen MR) is 152 cm³/mol. The molecule has 0 saturated carbocycles. The first-order chi connectivity index (χ1) is 17.5. The predicted octanol–water partition coefficient (Wildman–Crippen LogP) is 6.94. The first kappa shape index (κ1) is 31.9.